The Morgan fingerprint density at radius 3 is 2.20 bits per heavy atom. The molecule has 0 saturated heterocycles. The Labute approximate surface area is 185 Å². The van der Waals surface area contributed by atoms with Crippen molar-refractivity contribution >= 4 is 0 Å². The second-order valence-corrected chi connectivity index (χ2v) is 12.8. The summed E-state index contributed by atoms with van der Waals surface area (Å²) in [6.07, 6.45) is 4.30. The van der Waals surface area contributed by atoms with Crippen LogP contribution in [0.15, 0.2) is 12.1 Å². The van der Waals surface area contributed by atoms with E-state index in [-0.39, 0.29) is 33.7 Å². The first-order chi connectivity index (χ1) is 13.6. The number of rotatable bonds is 4. The Morgan fingerprint density at radius 2 is 1.63 bits per heavy atom. The molecule has 2 heteroatoms. The number of phenolic OH excluding ortho intramolecular Hbond substituents is 1. The highest BCUT2D eigenvalue weighted by Crippen LogP contribution is 2.66. The number of aromatic hydroxyl groups is 1. The van der Waals surface area contributed by atoms with Gasteiger partial charge in [-0.3, -0.25) is 0 Å². The van der Waals surface area contributed by atoms with Gasteiger partial charge in [0.25, 0.3) is 0 Å². The molecule has 3 rings (SSSR count). The molecule has 2 aliphatic rings. The number of fused-ring (bicyclic) bond motifs is 3. The van der Waals surface area contributed by atoms with Crippen LogP contribution < -0.4 is 0 Å². The molecule has 6 atom stereocenters. The lowest BCUT2D eigenvalue weighted by Crippen LogP contribution is -2.51. The number of hydrogen-bond acceptors (Lipinski definition) is 2. The van der Waals surface area contributed by atoms with Crippen LogP contribution >= 0.6 is 0 Å². The highest BCUT2D eigenvalue weighted by atomic mass is 16.3. The molecule has 0 amide bonds. The molecule has 0 aliphatic heterocycles. The van der Waals surface area contributed by atoms with E-state index in [1.54, 1.807) is 0 Å². The molecular formula is C28H46O2. The van der Waals surface area contributed by atoms with Crippen molar-refractivity contribution in [3.05, 3.63) is 28.8 Å². The minimum absolute atomic E-state index is 0.0911. The fraction of sp³-hybridized carbons (Fsp3) is 0.786. The highest BCUT2D eigenvalue weighted by Gasteiger charge is 2.60. The quantitative estimate of drug-likeness (QED) is 0.555. The molecule has 30 heavy (non-hydrogen) atoms. The summed E-state index contributed by atoms with van der Waals surface area (Å²) in [4.78, 5) is 0. The van der Waals surface area contributed by atoms with Crippen molar-refractivity contribution in [3.63, 3.8) is 0 Å². The second kappa shape index (κ2) is 7.26. The summed E-state index contributed by atoms with van der Waals surface area (Å²) in [5, 5.41) is 21.7. The standard InChI is InChI=1S/C28H46O2/c1-17-20-13-15-27(9)21(14-16-28(27,10)22(20)11-12-23(17)29)18(2)26(7,8)24(30)19(3)25(4,5)6/h11-12,18-19,21,24,29-30H,13-16H2,1-10H3/t18?,19?,21?,24?,27?,28-/m0/s1. The lowest BCUT2D eigenvalue weighted by molar-refractivity contribution is -0.0848. The van der Waals surface area contributed by atoms with Crippen LogP contribution in [0, 0.1) is 40.9 Å². The van der Waals surface area contributed by atoms with Gasteiger partial charge >= 0.3 is 0 Å². The molecule has 0 bridgehead atoms. The van der Waals surface area contributed by atoms with Crippen molar-refractivity contribution in [2.45, 2.75) is 106 Å². The molecule has 5 unspecified atom stereocenters. The smallest absolute Gasteiger partial charge is 0.118 e. The van der Waals surface area contributed by atoms with Crippen LogP contribution in [0.3, 0.4) is 0 Å². The third-order valence-corrected chi connectivity index (χ3v) is 10.5. The normalized spacial score (nSPS) is 32.3. The molecule has 0 aromatic heterocycles. The van der Waals surface area contributed by atoms with Gasteiger partial charge in [-0.1, -0.05) is 68.4 Å². The van der Waals surface area contributed by atoms with Gasteiger partial charge in [-0.15, -0.1) is 0 Å². The molecule has 0 spiro atoms. The average Bonchev–Trinajstić information content (AvgIpc) is 2.93. The maximum Gasteiger partial charge on any atom is 0.118 e. The van der Waals surface area contributed by atoms with Gasteiger partial charge in [-0.2, -0.15) is 0 Å². The van der Waals surface area contributed by atoms with E-state index in [0.29, 0.717) is 17.6 Å². The number of phenols is 1. The largest absolute Gasteiger partial charge is 0.508 e. The Kier molecular flexibility index (Phi) is 5.72. The first-order valence-electron chi connectivity index (χ1n) is 12.1. The van der Waals surface area contributed by atoms with Gasteiger partial charge < -0.3 is 10.2 Å². The monoisotopic (exact) mass is 414 g/mol. The second-order valence-electron chi connectivity index (χ2n) is 12.8. The van der Waals surface area contributed by atoms with E-state index in [9.17, 15) is 10.2 Å². The zero-order valence-corrected chi connectivity index (χ0v) is 21.2. The van der Waals surface area contributed by atoms with Crippen molar-refractivity contribution in [2.75, 3.05) is 0 Å². The minimum Gasteiger partial charge on any atom is -0.508 e. The van der Waals surface area contributed by atoms with E-state index in [4.69, 9.17) is 0 Å². The molecule has 1 aromatic rings. The Hall–Kier alpha value is -1.02. The molecule has 1 aromatic carbocycles. The Morgan fingerprint density at radius 1 is 1.03 bits per heavy atom. The summed E-state index contributed by atoms with van der Waals surface area (Å²) in [5.41, 5.74) is 4.21. The molecule has 2 nitrogen and oxygen atoms in total. The zero-order valence-electron chi connectivity index (χ0n) is 21.2. The van der Waals surface area contributed by atoms with E-state index in [1.807, 2.05) is 6.07 Å². The van der Waals surface area contributed by atoms with Gasteiger partial charge in [0.15, 0.2) is 0 Å². The van der Waals surface area contributed by atoms with Gasteiger partial charge in [0.1, 0.15) is 5.75 Å². The maximum atomic E-state index is 11.5. The molecule has 0 radical (unpaired) electrons. The van der Waals surface area contributed by atoms with E-state index in [0.717, 1.165) is 18.4 Å². The predicted molar refractivity (Wildman–Crippen MR) is 127 cm³/mol. The summed E-state index contributed by atoms with van der Waals surface area (Å²) in [5.74, 6) is 1.70. The molecule has 2 N–H and O–H groups in total. The number of aliphatic hydroxyl groups is 1. The molecule has 1 fully saturated rings. The van der Waals surface area contributed by atoms with Gasteiger partial charge in [-0.25, -0.2) is 0 Å². The van der Waals surface area contributed by atoms with Crippen molar-refractivity contribution in [3.8, 4) is 5.75 Å². The molecular weight excluding hydrogens is 368 g/mol. The van der Waals surface area contributed by atoms with E-state index in [1.165, 1.54) is 24.0 Å². The average molecular weight is 415 g/mol. The van der Waals surface area contributed by atoms with Crippen LogP contribution in [-0.4, -0.2) is 16.3 Å². The van der Waals surface area contributed by atoms with Crippen LogP contribution in [0.25, 0.3) is 0 Å². The van der Waals surface area contributed by atoms with Gasteiger partial charge in [0.05, 0.1) is 6.10 Å². The summed E-state index contributed by atoms with van der Waals surface area (Å²) >= 11 is 0. The van der Waals surface area contributed by atoms with Gasteiger partial charge in [-0.05, 0) is 94.8 Å². The first-order valence-corrected chi connectivity index (χ1v) is 12.1. The minimum atomic E-state index is -0.321. The lowest BCUT2D eigenvalue weighted by atomic mass is 9.51. The lowest BCUT2D eigenvalue weighted by Gasteiger charge is -2.54. The summed E-state index contributed by atoms with van der Waals surface area (Å²) in [6.45, 7) is 23.0. The first kappa shape index (κ1) is 23.6. The summed E-state index contributed by atoms with van der Waals surface area (Å²) in [7, 11) is 0. The zero-order chi connectivity index (χ0) is 22.9. The Bertz CT molecular complexity index is 802. The van der Waals surface area contributed by atoms with Crippen molar-refractivity contribution < 1.29 is 10.2 Å². The van der Waals surface area contributed by atoms with E-state index >= 15 is 0 Å². The predicted octanol–water partition coefficient (Wildman–Crippen LogP) is 7.03. The van der Waals surface area contributed by atoms with Crippen molar-refractivity contribution in [2.24, 2.45) is 34.0 Å². The SMILES string of the molecule is Cc1c(O)ccc2c1CCC1(C)C(C(C)C(C)(C)C(O)C(C)C(C)(C)C)CC[C@@]21C. The number of benzene rings is 1. The maximum absolute atomic E-state index is 11.5. The van der Waals surface area contributed by atoms with Crippen LogP contribution in [0.2, 0.25) is 0 Å². The molecule has 170 valence electrons. The van der Waals surface area contributed by atoms with E-state index < -0.39 is 0 Å². The third kappa shape index (κ3) is 3.24. The molecule has 0 heterocycles. The number of hydrogen-bond donors (Lipinski definition) is 2. The third-order valence-electron chi connectivity index (χ3n) is 10.5. The number of aliphatic hydroxyl groups excluding tert-OH is 1. The van der Waals surface area contributed by atoms with Crippen molar-refractivity contribution in [1.82, 2.24) is 0 Å². The van der Waals surface area contributed by atoms with Crippen LogP contribution in [0.1, 0.15) is 98.3 Å². The topological polar surface area (TPSA) is 40.5 Å². The van der Waals surface area contributed by atoms with Crippen LogP contribution in [-0.2, 0) is 11.8 Å². The fourth-order valence-electron chi connectivity index (χ4n) is 7.04. The van der Waals surface area contributed by atoms with Crippen LogP contribution in [0.5, 0.6) is 5.75 Å². The molecule has 1 saturated carbocycles. The fourth-order valence-corrected chi connectivity index (χ4v) is 7.04. The molecule has 2 aliphatic carbocycles. The summed E-state index contributed by atoms with van der Waals surface area (Å²) in [6, 6.07) is 4.10. The Balaban J connectivity index is 1.97. The van der Waals surface area contributed by atoms with E-state index in [2.05, 4.69) is 75.3 Å². The van der Waals surface area contributed by atoms with Crippen molar-refractivity contribution in [1.29, 1.82) is 0 Å². The van der Waals surface area contributed by atoms with Crippen LogP contribution in [0.4, 0.5) is 0 Å². The highest BCUT2D eigenvalue weighted by molar-refractivity contribution is 5.50. The summed E-state index contributed by atoms with van der Waals surface area (Å²) < 4.78 is 0. The van der Waals surface area contributed by atoms with Gasteiger partial charge in [0, 0.05) is 0 Å². The van der Waals surface area contributed by atoms with Gasteiger partial charge in [0.2, 0.25) is 0 Å².